The van der Waals surface area contributed by atoms with E-state index in [1.165, 1.54) is 5.56 Å². The molecule has 1 heterocycles. The lowest BCUT2D eigenvalue weighted by Crippen LogP contribution is -2.51. The van der Waals surface area contributed by atoms with Crippen molar-refractivity contribution in [3.63, 3.8) is 0 Å². The van der Waals surface area contributed by atoms with E-state index in [0.717, 1.165) is 30.8 Å². The second-order valence-corrected chi connectivity index (χ2v) is 5.05. The largest absolute Gasteiger partial charge is 0.496 e. The van der Waals surface area contributed by atoms with Crippen LogP contribution in [0.25, 0.3) is 0 Å². The third kappa shape index (κ3) is 3.07. The van der Waals surface area contributed by atoms with Crippen molar-refractivity contribution in [3.8, 4) is 5.75 Å². The second-order valence-electron chi connectivity index (χ2n) is 5.05. The van der Waals surface area contributed by atoms with E-state index in [-0.39, 0.29) is 11.8 Å². The molecule has 0 atom stereocenters. The number of ether oxygens (including phenoxy) is 1. The Morgan fingerprint density at radius 1 is 1.47 bits per heavy atom. The summed E-state index contributed by atoms with van der Waals surface area (Å²) in [7, 11) is 3.53. The fourth-order valence-corrected chi connectivity index (χ4v) is 2.28. The lowest BCUT2D eigenvalue weighted by Gasteiger charge is -2.30. The van der Waals surface area contributed by atoms with Gasteiger partial charge in [-0.2, -0.15) is 0 Å². The zero-order valence-electron chi connectivity index (χ0n) is 11.9. The first-order chi connectivity index (χ1) is 9.15. The molecule has 0 aromatic heterocycles. The van der Waals surface area contributed by atoms with Gasteiger partial charge in [0, 0.05) is 32.2 Å². The summed E-state index contributed by atoms with van der Waals surface area (Å²) in [5.74, 6) is 1.21. The first-order valence-corrected chi connectivity index (χ1v) is 6.77. The van der Waals surface area contributed by atoms with Gasteiger partial charge in [0.1, 0.15) is 5.75 Å². The average Bonchev–Trinajstić information content (AvgIpc) is 2.36. The van der Waals surface area contributed by atoms with Crippen LogP contribution in [0.2, 0.25) is 0 Å². The van der Waals surface area contributed by atoms with Gasteiger partial charge in [0.25, 0.3) is 0 Å². The standard InChI is InChI=1S/C15H22N2O2/c1-4-11-5-6-14(19-3)12(7-11)10-17(2)15(18)13-8-16-9-13/h5-7,13,16H,4,8-10H2,1-3H3. The topological polar surface area (TPSA) is 41.6 Å². The number of carbonyl (C=O) groups is 1. The van der Waals surface area contributed by atoms with Crippen molar-refractivity contribution < 1.29 is 9.53 Å². The Bertz CT molecular complexity index is 455. The highest BCUT2D eigenvalue weighted by atomic mass is 16.5. The maximum Gasteiger partial charge on any atom is 0.228 e. The van der Waals surface area contributed by atoms with Crippen molar-refractivity contribution in [3.05, 3.63) is 29.3 Å². The normalized spacial score (nSPS) is 14.9. The smallest absolute Gasteiger partial charge is 0.228 e. The van der Waals surface area contributed by atoms with Gasteiger partial charge in [-0.3, -0.25) is 4.79 Å². The molecule has 104 valence electrons. The predicted octanol–water partition coefficient (Wildman–Crippen LogP) is 1.44. The Hall–Kier alpha value is -1.55. The summed E-state index contributed by atoms with van der Waals surface area (Å²) < 4.78 is 5.38. The summed E-state index contributed by atoms with van der Waals surface area (Å²) in [5.41, 5.74) is 2.34. The molecule has 0 bridgehead atoms. The number of hydrogen-bond acceptors (Lipinski definition) is 3. The number of nitrogens with zero attached hydrogens (tertiary/aromatic N) is 1. The molecule has 1 aromatic carbocycles. The van der Waals surface area contributed by atoms with Gasteiger partial charge in [-0.05, 0) is 18.1 Å². The van der Waals surface area contributed by atoms with Crippen molar-refractivity contribution in [2.24, 2.45) is 5.92 Å². The van der Waals surface area contributed by atoms with Crippen molar-refractivity contribution in [1.82, 2.24) is 10.2 Å². The number of aryl methyl sites for hydroxylation is 1. The highest BCUT2D eigenvalue weighted by Gasteiger charge is 2.27. The Morgan fingerprint density at radius 2 is 2.21 bits per heavy atom. The molecular formula is C15H22N2O2. The lowest BCUT2D eigenvalue weighted by atomic mass is 10.0. The fourth-order valence-electron chi connectivity index (χ4n) is 2.28. The molecule has 0 saturated carbocycles. The molecule has 1 aliphatic heterocycles. The number of amides is 1. The maximum absolute atomic E-state index is 12.1. The minimum absolute atomic E-state index is 0.144. The van der Waals surface area contributed by atoms with E-state index >= 15 is 0 Å². The monoisotopic (exact) mass is 262 g/mol. The van der Waals surface area contributed by atoms with Gasteiger partial charge in [-0.15, -0.1) is 0 Å². The van der Waals surface area contributed by atoms with Gasteiger partial charge in [0.15, 0.2) is 0 Å². The third-order valence-electron chi connectivity index (χ3n) is 3.67. The van der Waals surface area contributed by atoms with E-state index in [1.807, 2.05) is 13.1 Å². The molecule has 1 amide bonds. The van der Waals surface area contributed by atoms with Crippen LogP contribution in [0.1, 0.15) is 18.1 Å². The van der Waals surface area contributed by atoms with E-state index in [0.29, 0.717) is 6.54 Å². The zero-order valence-corrected chi connectivity index (χ0v) is 11.9. The Kier molecular flexibility index (Phi) is 4.43. The summed E-state index contributed by atoms with van der Waals surface area (Å²) in [6.45, 7) is 4.33. The summed E-state index contributed by atoms with van der Waals surface area (Å²) in [6, 6.07) is 6.18. The first-order valence-electron chi connectivity index (χ1n) is 6.77. The minimum atomic E-state index is 0.144. The van der Waals surface area contributed by atoms with Crippen LogP contribution in [0.4, 0.5) is 0 Å². The average molecular weight is 262 g/mol. The number of benzene rings is 1. The van der Waals surface area contributed by atoms with Gasteiger partial charge in [-0.1, -0.05) is 19.1 Å². The number of methoxy groups -OCH3 is 1. The van der Waals surface area contributed by atoms with Crippen LogP contribution in [-0.2, 0) is 17.8 Å². The van der Waals surface area contributed by atoms with Gasteiger partial charge in [0.2, 0.25) is 5.91 Å². The fraction of sp³-hybridized carbons (Fsp3) is 0.533. The number of hydrogen-bond donors (Lipinski definition) is 1. The molecule has 0 spiro atoms. The van der Waals surface area contributed by atoms with Gasteiger partial charge in [-0.25, -0.2) is 0 Å². The summed E-state index contributed by atoms with van der Waals surface area (Å²) in [6.07, 6.45) is 0.987. The Labute approximate surface area is 114 Å². The van der Waals surface area contributed by atoms with E-state index in [9.17, 15) is 4.79 Å². The molecule has 1 saturated heterocycles. The second kappa shape index (κ2) is 6.06. The molecule has 4 nitrogen and oxygen atoms in total. The quantitative estimate of drug-likeness (QED) is 0.873. The Morgan fingerprint density at radius 3 is 2.74 bits per heavy atom. The third-order valence-corrected chi connectivity index (χ3v) is 3.67. The van der Waals surface area contributed by atoms with Gasteiger partial charge < -0.3 is 15.0 Å². The molecule has 19 heavy (non-hydrogen) atoms. The highest BCUT2D eigenvalue weighted by Crippen LogP contribution is 2.22. The van der Waals surface area contributed by atoms with Crippen molar-refractivity contribution >= 4 is 5.91 Å². The maximum atomic E-state index is 12.1. The molecule has 1 fully saturated rings. The van der Waals surface area contributed by atoms with Crippen LogP contribution in [0.3, 0.4) is 0 Å². The minimum Gasteiger partial charge on any atom is -0.496 e. The van der Waals surface area contributed by atoms with Crippen molar-refractivity contribution in [2.75, 3.05) is 27.2 Å². The molecule has 2 rings (SSSR count). The van der Waals surface area contributed by atoms with E-state index < -0.39 is 0 Å². The van der Waals surface area contributed by atoms with Crippen LogP contribution in [0, 0.1) is 5.92 Å². The highest BCUT2D eigenvalue weighted by molar-refractivity contribution is 5.80. The van der Waals surface area contributed by atoms with Crippen LogP contribution in [0.5, 0.6) is 5.75 Å². The number of nitrogens with one attached hydrogen (secondary N) is 1. The number of carbonyl (C=O) groups excluding carboxylic acids is 1. The summed E-state index contributed by atoms with van der Waals surface area (Å²) in [5, 5.41) is 3.13. The van der Waals surface area contributed by atoms with E-state index in [4.69, 9.17) is 4.74 Å². The Balaban J connectivity index is 2.09. The molecule has 0 radical (unpaired) electrons. The van der Waals surface area contributed by atoms with E-state index in [1.54, 1.807) is 12.0 Å². The molecule has 1 aromatic rings. The molecule has 4 heteroatoms. The summed E-state index contributed by atoms with van der Waals surface area (Å²) >= 11 is 0. The zero-order chi connectivity index (χ0) is 13.8. The van der Waals surface area contributed by atoms with Crippen LogP contribution in [-0.4, -0.2) is 38.1 Å². The van der Waals surface area contributed by atoms with Gasteiger partial charge in [0.05, 0.1) is 13.0 Å². The predicted molar refractivity (Wildman–Crippen MR) is 75.2 cm³/mol. The van der Waals surface area contributed by atoms with E-state index in [2.05, 4.69) is 24.4 Å². The molecular weight excluding hydrogens is 240 g/mol. The van der Waals surface area contributed by atoms with Crippen LogP contribution >= 0.6 is 0 Å². The van der Waals surface area contributed by atoms with Crippen molar-refractivity contribution in [2.45, 2.75) is 19.9 Å². The number of rotatable bonds is 5. The van der Waals surface area contributed by atoms with Crippen LogP contribution in [0.15, 0.2) is 18.2 Å². The lowest BCUT2D eigenvalue weighted by molar-refractivity contribution is -0.136. The SMILES string of the molecule is CCc1ccc(OC)c(CN(C)C(=O)C2CNC2)c1. The molecule has 1 aliphatic rings. The summed E-state index contributed by atoms with van der Waals surface area (Å²) in [4.78, 5) is 13.9. The van der Waals surface area contributed by atoms with Gasteiger partial charge >= 0.3 is 0 Å². The molecule has 0 aliphatic carbocycles. The first kappa shape index (κ1) is 13.9. The molecule has 0 unspecified atom stereocenters. The van der Waals surface area contributed by atoms with Crippen LogP contribution < -0.4 is 10.1 Å². The molecule has 1 N–H and O–H groups in total. The van der Waals surface area contributed by atoms with Crippen molar-refractivity contribution in [1.29, 1.82) is 0 Å².